The van der Waals surface area contributed by atoms with Gasteiger partial charge in [0, 0.05) is 12.6 Å². The van der Waals surface area contributed by atoms with Gasteiger partial charge in [-0.25, -0.2) is 12.8 Å². The molecule has 264 valence electrons. The summed E-state index contributed by atoms with van der Waals surface area (Å²) in [5.41, 5.74) is 3.70. The molecule has 0 aromatic heterocycles. The highest BCUT2D eigenvalue weighted by molar-refractivity contribution is 7.92. The number of sulfonamides is 1. The standard InChI is InChI=1S/C37H45F3N2O5SSi/c1-5-49(6-2,7-3)47-36(30-17-22-35(34(24-30)42-48(4,43)44)45-26-28-11-9-8-10-12-28)25-41-33(23-27-13-18-31(38)19-14-27)29-15-20-32(21-16-29)46-37(39)40/h8-22,24,33,36-37,41-42H,5-7,23,25-26H2,1-4H3/t33?,36-/m1/s1. The lowest BCUT2D eigenvalue weighted by atomic mass is 9.98. The minimum Gasteiger partial charge on any atom is -0.487 e. The molecular formula is C37H45F3N2O5SSi. The molecule has 0 heterocycles. The SMILES string of the molecule is CC[Si](CC)(CC)O[C@H](CNC(Cc1ccc(F)cc1)c1ccc(OC(F)F)cc1)c1ccc(OCc2ccccc2)c(NS(C)(=O)=O)c1. The van der Waals surface area contributed by atoms with E-state index in [1.54, 1.807) is 36.4 Å². The number of benzene rings is 4. The van der Waals surface area contributed by atoms with Gasteiger partial charge >= 0.3 is 6.61 Å². The molecule has 0 aliphatic heterocycles. The van der Waals surface area contributed by atoms with Crippen molar-refractivity contribution in [1.82, 2.24) is 5.32 Å². The average Bonchev–Trinajstić information content (AvgIpc) is 3.08. The van der Waals surface area contributed by atoms with Crippen LogP contribution in [0, 0.1) is 5.82 Å². The molecular weight excluding hydrogens is 670 g/mol. The molecule has 49 heavy (non-hydrogen) atoms. The molecule has 0 saturated carbocycles. The molecule has 0 spiro atoms. The van der Waals surface area contributed by atoms with Gasteiger partial charge in [0.05, 0.1) is 18.0 Å². The molecule has 0 aliphatic rings. The summed E-state index contributed by atoms with van der Waals surface area (Å²) in [6.45, 7) is 4.08. The van der Waals surface area contributed by atoms with E-state index in [2.05, 4.69) is 35.5 Å². The molecule has 4 aromatic rings. The average molecular weight is 715 g/mol. The predicted octanol–water partition coefficient (Wildman–Crippen LogP) is 9.01. The second kappa shape index (κ2) is 17.7. The highest BCUT2D eigenvalue weighted by Gasteiger charge is 2.33. The van der Waals surface area contributed by atoms with Crippen LogP contribution < -0.4 is 19.5 Å². The lowest BCUT2D eigenvalue weighted by Gasteiger charge is -2.35. The molecule has 0 radical (unpaired) electrons. The minimum atomic E-state index is -3.65. The fourth-order valence-electron chi connectivity index (χ4n) is 5.71. The van der Waals surface area contributed by atoms with E-state index in [1.807, 2.05) is 36.4 Å². The van der Waals surface area contributed by atoms with E-state index < -0.39 is 31.1 Å². The summed E-state index contributed by atoms with van der Waals surface area (Å²) < 4.78 is 84.6. The molecule has 4 aromatic carbocycles. The number of rotatable bonds is 19. The number of hydrogen-bond acceptors (Lipinski definition) is 6. The first-order valence-corrected chi connectivity index (χ1v) is 20.8. The summed E-state index contributed by atoms with van der Waals surface area (Å²) in [5, 5.41) is 3.63. The van der Waals surface area contributed by atoms with E-state index in [9.17, 15) is 21.6 Å². The maximum absolute atomic E-state index is 13.7. The van der Waals surface area contributed by atoms with E-state index in [0.29, 0.717) is 24.4 Å². The first kappa shape index (κ1) is 38.0. The monoisotopic (exact) mass is 714 g/mol. The quantitative estimate of drug-likeness (QED) is 0.0944. The van der Waals surface area contributed by atoms with E-state index in [1.165, 1.54) is 24.3 Å². The molecule has 0 saturated heterocycles. The smallest absolute Gasteiger partial charge is 0.387 e. The van der Waals surface area contributed by atoms with Crippen LogP contribution in [0.25, 0.3) is 0 Å². The van der Waals surface area contributed by atoms with Crippen molar-refractivity contribution in [2.75, 3.05) is 17.5 Å². The molecule has 0 aliphatic carbocycles. The van der Waals surface area contributed by atoms with Crippen LogP contribution >= 0.6 is 0 Å². The van der Waals surface area contributed by atoms with Crippen LogP contribution in [0.3, 0.4) is 0 Å². The Bertz CT molecular complexity index is 1700. The van der Waals surface area contributed by atoms with Crippen molar-refractivity contribution in [3.63, 3.8) is 0 Å². The maximum atomic E-state index is 13.7. The van der Waals surface area contributed by atoms with E-state index in [-0.39, 0.29) is 24.2 Å². The summed E-state index contributed by atoms with van der Waals surface area (Å²) in [6, 6.07) is 30.1. The summed E-state index contributed by atoms with van der Waals surface area (Å²) in [4.78, 5) is 0. The number of halogens is 3. The van der Waals surface area contributed by atoms with Crippen molar-refractivity contribution in [3.05, 3.63) is 125 Å². The number of alkyl halides is 2. The zero-order chi connectivity index (χ0) is 35.4. The summed E-state index contributed by atoms with van der Waals surface area (Å²) in [5.74, 6) is 0.0884. The maximum Gasteiger partial charge on any atom is 0.387 e. The topological polar surface area (TPSA) is 85.9 Å². The Morgan fingerprint density at radius 3 is 2.02 bits per heavy atom. The minimum absolute atomic E-state index is 0.0468. The third-order valence-electron chi connectivity index (χ3n) is 8.64. The van der Waals surface area contributed by atoms with Crippen LogP contribution in [-0.2, 0) is 27.5 Å². The van der Waals surface area contributed by atoms with Crippen molar-refractivity contribution in [1.29, 1.82) is 0 Å². The Morgan fingerprint density at radius 2 is 1.43 bits per heavy atom. The van der Waals surface area contributed by atoms with Crippen molar-refractivity contribution < 1.29 is 35.5 Å². The number of anilines is 1. The van der Waals surface area contributed by atoms with Gasteiger partial charge in [-0.05, 0) is 83.2 Å². The summed E-state index contributed by atoms with van der Waals surface area (Å²) in [6.07, 6.45) is 1.11. The molecule has 12 heteroatoms. The lowest BCUT2D eigenvalue weighted by molar-refractivity contribution is -0.0498. The van der Waals surface area contributed by atoms with Crippen molar-refractivity contribution in [2.45, 2.75) is 70.7 Å². The Hall–Kier alpha value is -3.84. The highest BCUT2D eigenvalue weighted by Crippen LogP contribution is 2.35. The fourth-order valence-corrected chi connectivity index (χ4v) is 9.09. The van der Waals surface area contributed by atoms with Gasteiger partial charge in [-0.3, -0.25) is 4.72 Å². The molecule has 1 unspecified atom stereocenters. The van der Waals surface area contributed by atoms with Gasteiger partial charge < -0.3 is 19.2 Å². The van der Waals surface area contributed by atoms with Gasteiger partial charge in [0.25, 0.3) is 0 Å². The van der Waals surface area contributed by atoms with Gasteiger partial charge in [0.15, 0.2) is 8.32 Å². The van der Waals surface area contributed by atoms with Crippen LogP contribution in [0.1, 0.15) is 55.2 Å². The fraction of sp³-hybridized carbons (Fsp3) is 0.351. The molecule has 2 N–H and O–H groups in total. The molecule has 4 rings (SSSR count). The Morgan fingerprint density at radius 1 is 0.796 bits per heavy atom. The first-order valence-electron chi connectivity index (χ1n) is 16.4. The first-order chi connectivity index (χ1) is 23.4. The predicted molar refractivity (Wildman–Crippen MR) is 191 cm³/mol. The van der Waals surface area contributed by atoms with Gasteiger partial charge in [0.1, 0.15) is 23.9 Å². The van der Waals surface area contributed by atoms with Crippen molar-refractivity contribution >= 4 is 24.0 Å². The molecule has 7 nitrogen and oxygen atoms in total. The van der Waals surface area contributed by atoms with E-state index >= 15 is 0 Å². The summed E-state index contributed by atoms with van der Waals surface area (Å²) in [7, 11) is -5.84. The molecule has 0 bridgehead atoms. The lowest BCUT2D eigenvalue weighted by Crippen LogP contribution is -2.40. The van der Waals surface area contributed by atoms with Crippen LogP contribution in [-0.4, -0.2) is 36.1 Å². The van der Waals surface area contributed by atoms with E-state index in [0.717, 1.165) is 46.6 Å². The Labute approximate surface area is 289 Å². The van der Waals surface area contributed by atoms with Gasteiger partial charge in [-0.1, -0.05) is 81.4 Å². The van der Waals surface area contributed by atoms with Gasteiger partial charge in [0.2, 0.25) is 10.0 Å². The zero-order valence-corrected chi connectivity index (χ0v) is 30.1. The largest absolute Gasteiger partial charge is 0.487 e. The molecule has 0 fully saturated rings. The zero-order valence-electron chi connectivity index (χ0n) is 28.3. The summed E-state index contributed by atoms with van der Waals surface area (Å²) >= 11 is 0. The third-order valence-corrected chi connectivity index (χ3v) is 13.9. The third kappa shape index (κ3) is 11.6. The highest BCUT2D eigenvalue weighted by atomic mass is 32.2. The van der Waals surface area contributed by atoms with Gasteiger partial charge in [-0.15, -0.1) is 0 Å². The second-order valence-electron chi connectivity index (χ2n) is 12.0. The van der Waals surface area contributed by atoms with Crippen LogP contribution in [0.5, 0.6) is 11.5 Å². The Balaban J connectivity index is 1.69. The van der Waals surface area contributed by atoms with Crippen molar-refractivity contribution in [3.8, 4) is 11.5 Å². The molecule has 0 amide bonds. The normalized spacial score (nSPS) is 13.2. The van der Waals surface area contributed by atoms with Gasteiger partial charge in [-0.2, -0.15) is 8.78 Å². The molecule has 2 atom stereocenters. The Kier molecular flexibility index (Phi) is 13.7. The number of hydrogen-bond donors (Lipinski definition) is 2. The van der Waals surface area contributed by atoms with Crippen molar-refractivity contribution in [2.24, 2.45) is 0 Å². The van der Waals surface area contributed by atoms with Crippen LogP contribution in [0.2, 0.25) is 18.1 Å². The number of nitrogens with one attached hydrogen (secondary N) is 2. The van der Waals surface area contributed by atoms with E-state index in [4.69, 9.17) is 9.16 Å². The second-order valence-corrected chi connectivity index (χ2v) is 18.5. The number of ether oxygens (including phenoxy) is 2. The van der Waals surface area contributed by atoms with Crippen LogP contribution in [0.4, 0.5) is 18.9 Å². The van der Waals surface area contributed by atoms with Crippen LogP contribution in [0.15, 0.2) is 97.1 Å².